The van der Waals surface area contributed by atoms with Gasteiger partial charge in [0.1, 0.15) is 0 Å². The molecule has 2 rings (SSSR count). The third-order valence-electron chi connectivity index (χ3n) is 2.78. The van der Waals surface area contributed by atoms with E-state index in [1.165, 1.54) is 16.9 Å². The number of fused-ring (bicyclic) bond motifs is 1. The van der Waals surface area contributed by atoms with E-state index in [9.17, 15) is 0 Å². The lowest BCUT2D eigenvalue weighted by molar-refractivity contribution is 0.663. The van der Waals surface area contributed by atoms with Crippen molar-refractivity contribution in [3.05, 3.63) is 23.8 Å². The minimum atomic E-state index is 0.494. The van der Waals surface area contributed by atoms with Gasteiger partial charge in [0.05, 0.1) is 11.4 Å². The summed E-state index contributed by atoms with van der Waals surface area (Å²) in [7, 11) is 0. The number of hydrogen-bond acceptors (Lipinski definition) is 2. The Morgan fingerprint density at radius 1 is 1.08 bits per heavy atom. The van der Waals surface area contributed by atoms with Gasteiger partial charge >= 0.3 is 0 Å². The van der Waals surface area contributed by atoms with E-state index in [0.717, 1.165) is 0 Å². The number of nitrogens with one attached hydrogen (secondary N) is 2. The van der Waals surface area contributed by atoms with Crippen molar-refractivity contribution in [2.45, 2.75) is 32.9 Å². The van der Waals surface area contributed by atoms with Gasteiger partial charge in [-0.1, -0.05) is 12.1 Å². The fourth-order valence-electron chi connectivity index (χ4n) is 1.70. The molecule has 0 bridgehead atoms. The molecule has 1 aromatic rings. The molecule has 2 nitrogen and oxygen atoms in total. The van der Waals surface area contributed by atoms with E-state index in [4.69, 9.17) is 0 Å². The second kappa shape index (κ2) is 2.95. The van der Waals surface area contributed by atoms with Crippen molar-refractivity contribution < 1.29 is 0 Å². The summed E-state index contributed by atoms with van der Waals surface area (Å²) in [5, 5.41) is 7.00. The maximum absolute atomic E-state index is 3.52. The first-order valence-corrected chi connectivity index (χ1v) is 4.81. The summed E-state index contributed by atoms with van der Waals surface area (Å²) in [6.45, 7) is 6.53. The molecule has 1 aromatic carbocycles. The highest BCUT2D eigenvalue weighted by Gasteiger charge is 2.20. The summed E-state index contributed by atoms with van der Waals surface area (Å²) < 4.78 is 0. The van der Waals surface area contributed by atoms with Crippen LogP contribution in [0.2, 0.25) is 0 Å². The number of aryl methyl sites for hydroxylation is 1. The van der Waals surface area contributed by atoms with Crippen LogP contribution in [0.25, 0.3) is 0 Å². The van der Waals surface area contributed by atoms with Crippen molar-refractivity contribution in [1.82, 2.24) is 0 Å². The first-order chi connectivity index (χ1) is 6.18. The van der Waals surface area contributed by atoms with Gasteiger partial charge < -0.3 is 10.6 Å². The van der Waals surface area contributed by atoms with Crippen LogP contribution in [-0.4, -0.2) is 12.1 Å². The summed E-state index contributed by atoms with van der Waals surface area (Å²) >= 11 is 0. The van der Waals surface area contributed by atoms with Gasteiger partial charge in [0, 0.05) is 12.1 Å². The molecule has 0 aliphatic carbocycles. The van der Waals surface area contributed by atoms with Crippen LogP contribution < -0.4 is 10.6 Å². The van der Waals surface area contributed by atoms with E-state index >= 15 is 0 Å². The summed E-state index contributed by atoms with van der Waals surface area (Å²) in [5.74, 6) is 0. The van der Waals surface area contributed by atoms with Gasteiger partial charge in [-0.2, -0.15) is 0 Å². The molecule has 0 radical (unpaired) electrons. The zero-order chi connectivity index (χ0) is 9.42. The van der Waals surface area contributed by atoms with Crippen LogP contribution >= 0.6 is 0 Å². The molecule has 13 heavy (non-hydrogen) atoms. The standard InChI is InChI=1S/C11H16N2/c1-7-5-4-6-10-11(7)13-9(3)8(2)12-10/h4-6,8-9,12-13H,1-3H3. The second-order valence-corrected chi connectivity index (χ2v) is 3.86. The van der Waals surface area contributed by atoms with E-state index in [0.29, 0.717) is 12.1 Å². The van der Waals surface area contributed by atoms with Crippen molar-refractivity contribution in [2.24, 2.45) is 0 Å². The molecule has 0 spiro atoms. The molecule has 2 unspecified atom stereocenters. The average molecular weight is 176 g/mol. The summed E-state index contributed by atoms with van der Waals surface area (Å²) in [4.78, 5) is 0. The van der Waals surface area contributed by atoms with Crippen molar-refractivity contribution in [3.8, 4) is 0 Å². The lowest BCUT2D eigenvalue weighted by Gasteiger charge is -2.32. The summed E-state index contributed by atoms with van der Waals surface area (Å²) in [6, 6.07) is 7.34. The van der Waals surface area contributed by atoms with Gasteiger partial charge in [0.2, 0.25) is 0 Å². The predicted octanol–water partition coefficient (Wildman–Crippen LogP) is 2.61. The third-order valence-corrected chi connectivity index (χ3v) is 2.78. The topological polar surface area (TPSA) is 24.1 Å². The second-order valence-electron chi connectivity index (χ2n) is 3.86. The molecule has 1 aliphatic rings. The highest BCUT2D eigenvalue weighted by atomic mass is 15.1. The SMILES string of the molecule is Cc1cccc2c1NC(C)C(C)N2. The van der Waals surface area contributed by atoms with E-state index in [-0.39, 0.29) is 0 Å². The monoisotopic (exact) mass is 176 g/mol. The van der Waals surface area contributed by atoms with E-state index in [1.807, 2.05) is 0 Å². The molecule has 2 N–H and O–H groups in total. The van der Waals surface area contributed by atoms with Crippen molar-refractivity contribution in [3.63, 3.8) is 0 Å². The van der Waals surface area contributed by atoms with Crippen molar-refractivity contribution >= 4 is 11.4 Å². The lowest BCUT2D eigenvalue weighted by atomic mass is 10.0. The van der Waals surface area contributed by atoms with Crippen LogP contribution in [0.1, 0.15) is 19.4 Å². The van der Waals surface area contributed by atoms with Gasteiger partial charge in [0.25, 0.3) is 0 Å². The number of anilines is 2. The van der Waals surface area contributed by atoms with Crippen LogP contribution in [0.4, 0.5) is 11.4 Å². The molecule has 0 aromatic heterocycles. The summed E-state index contributed by atoms with van der Waals surface area (Å²) in [6.07, 6.45) is 0. The van der Waals surface area contributed by atoms with Crippen LogP contribution in [0, 0.1) is 6.92 Å². The van der Waals surface area contributed by atoms with Crippen molar-refractivity contribution in [2.75, 3.05) is 10.6 Å². The number of para-hydroxylation sites is 1. The normalized spacial score (nSPS) is 25.8. The lowest BCUT2D eigenvalue weighted by Crippen LogP contribution is -2.38. The fraction of sp³-hybridized carbons (Fsp3) is 0.455. The molecule has 70 valence electrons. The maximum atomic E-state index is 3.52. The fourth-order valence-corrected chi connectivity index (χ4v) is 1.70. The van der Waals surface area contributed by atoms with E-state index in [2.05, 4.69) is 49.6 Å². The Kier molecular flexibility index (Phi) is 1.91. The predicted molar refractivity (Wildman–Crippen MR) is 57.3 cm³/mol. The average Bonchev–Trinajstić information content (AvgIpc) is 2.09. The minimum absolute atomic E-state index is 0.494. The molecular weight excluding hydrogens is 160 g/mol. The molecule has 2 heteroatoms. The zero-order valence-electron chi connectivity index (χ0n) is 8.39. The smallest absolute Gasteiger partial charge is 0.0608 e. The number of hydrogen-bond donors (Lipinski definition) is 2. The van der Waals surface area contributed by atoms with Crippen LogP contribution in [-0.2, 0) is 0 Å². The Morgan fingerprint density at radius 2 is 1.77 bits per heavy atom. The molecule has 0 amide bonds. The minimum Gasteiger partial charge on any atom is -0.379 e. The Labute approximate surface area is 79.4 Å². The molecular formula is C11H16N2. The van der Waals surface area contributed by atoms with Crippen LogP contribution in [0.5, 0.6) is 0 Å². The van der Waals surface area contributed by atoms with Crippen molar-refractivity contribution in [1.29, 1.82) is 0 Å². The highest BCUT2D eigenvalue weighted by Crippen LogP contribution is 2.31. The first kappa shape index (κ1) is 8.42. The zero-order valence-corrected chi connectivity index (χ0v) is 8.39. The van der Waals surface area contributed by atoms with Gasteiger partial charge in [-0.25, -0.2) is 0 Å². The molecule has 0 saturated heterocycles. The van der Waals surface area contributed by atoms with E-state index < -0.39 is 0 Å². The van der Waals surface area contributed by atoms with Crippen LogP contribution in [0.3, 0.4) is 0 Å². The first-order valence-electron chi connectivity index (χ1n) is 4.81. The van der Waals surface area contributed by atoms with Gasteiger partial charge in [0.15, 0.2) is 0 Å². The molecule has 2 atom stereocenters. The Hall–Kier alpha value is -1.18. The largest absolute Gasteiger partial charge is 0.379 e. The molecule has 0 fully saturated rings. The van der Waals surface area contributed by atoms with Gasteiger partial charge in [-0.05, 0) is 32.4 Å². The van der Waals surface area contributed by atoms with E-state index in [1.54, 1.807) is 0 Å². The van der Waals surface area contributed by atoms with Crippen LogP contribution in [0.15, 0.2) is 18.2 Å². The summed E-state index contributed by atoms with van der Waals surface area (Å²) in [5.41, 5.74) is 3.79. The third kappa shape index (κ3) is 1.37. The maximum Gasteiger partial charge on any atom is 0.0608 e. The Bertz CT molecular complexity index is 320. The van der Waals surface area contributed by atoms with Gasteiger partial charge in [-0.15, -0.1) is 0 Å². The Morgan fingerprint density at radius 3 is 2.54 bits per heavy atom. The number of benzene rings is 1. The quantitative estimate of drug-likeness (QED) is 0.635. The molecule has 0 saturated carbocycles. The Balaban J connectivity index is 2.42. The van der Waals surface area contributed by atoms with Gasteiger partial charge in [-0.3, -0.25) is 0 Å². The highest BCUT2D eigenvalue weighted by molar-refractivity contribution is 5.75. The molecule has 1 aliphatic heterocycles. The number of rotatable bonds is 0. The molecule has 1 heterocycles.